The van der Waals surface area contributed by atoms with E-state index in [2.05, 4.69) is 15.5 Å². The van der Waals surface area contributed by atoms with Gasteiger partial charge in [-0.2, -0.15) is 0 Å². The van der Waals surface area contributed by atoms with Crippen molar-refractivity contribution in [3.05, 3.63) is 23.8 Å². The fourth-order valence-electron chi connectivity index (χ4n) is 2.70. The summed E-state index contributed by atoms with van der Waals surface area (Å²) in [7, 11) is 0. The molecule has 3 rings (SSSR count). The molecule has 1 atom stereocenters. The lowest BCUT2D eigenvalue weighted by molar-refractivity contribution is -0.139. The topological polar surface area (TPSA) is 81.7 Å². The van der Waals surface area contributed by atoms with Crippen molar-refractivity contribution in [2.75, 3.05) is 42.9 Å². The van der Waals surface area contributed by atoms with E-state index in [-0.39, 0.29) is 12.3 Å². The lowest BCUT2D eigenvalue weighted by atomic mass is 9.92. The van der Waals surface area contributed by atoms with Crippen molar-refractivity contribution in [1.29, 1.82) is 0 Å². The molecule has 0 spiro atoms. The smallest absolute Gasteiger partial charge is 0.316 e. The molecule has 0 amide bonds. The summed E-state index contributed by atoms with van der Waals surface area (Å²) in [5.74, 6) is -2.36. The minimum absolute atomic E-state index is 0.159. The predicted molar refractivity (Wildman–Crippen MR) is 75.5 cm³/mol. The minimum Gasteiger partial charge on any atom is -0.481 e. The second-order valence-electron chi connectivity index (χ2n) is 5.10. The van der Waals surface area contributed by atoms with Crippen LogP contribution in [-0.4, -0.2) is 49.6 Å². The zero-order chi connectivity index (χ0) is 14.1. The van der Waals surface area contributed by atoms with Crippen molar-refractivity contribution in [1.82, 2.24) is 5.32 Å². The average molecular weight is 275 g/mol. The van der Waals surface area contributed by atoms with Crippen LogP contribution in [0, 0.1) is 5.92 Å². The Bertz CT molecular complexity index is 553. The van der Waals surface area contributed by atoms with E-state index in [1.165, 1.54) is 0 Å². The van der Waals surface area contributed by atoms with Crippen LogP contribution >= 0.6 is 0 Å². The van der Waals surface area contributed by atoms with Crippen LogP contribution in [0.4, 0.5) is 11.4 Å². The Kier molecular flexibility index (Phi) is 3.31. The van der Waals surface area contributed by atoms with Gasteiger partial charge in [-0.05, 0) is 18.2 Å². The van der Waals surface area contributed by atoms with Gasteiger partial charge in [-0.1, -0.05) is 0 Å². The summed E-state index contributed by atoms with van der Waals surface area (Å²) < 4.78 is 0. The van der Waals surface area contributed by atoms with Gasteiger partial charge in [0.2, 0.25) is 0 Å². The lowest BCUT2D eigenvalue weighted by Gasteiger charge is -2.31. The first-order valence-electron chi connectivity index (χ1n) is 6.77. The molecule has 6 nitrogen and oxygen atoms in total. The molecule has 1 aromatic carbocycles. The van der Waals surface area contributed by atoms with Gasteiger partial charge >= 0.3 is 5.97 Å². The predicted octanol–water partition coefficient (Wildman–Crippen LogP) is 0.405. The van der Waals surface area contributed by atoms with E-state index in [0.717, 1.165) is 37.6 Å². The summed E-state index contributed by atoms with van der Waals surface area (Å²) in [4.78, 5) is 25.4. The molecule has 2 aliphatic heterocycles. The quantitative estimate of drug-likeness (QED) is 0.678. The third-order valence-corrected chi connectivity index (χ3v) is 3.86. The molecule has 6 heteroatoms. The summed E-state index contributed by atoms with van der Waals surface area (Å²) in [6.45, 7) is 3.93. The average Bonchev–Trinajstić information content (AvgIpc) is 2.48. The molecule has 3 N–H and O–H groups in total. The third kappa shape index (κ3) is 2.22. The van der Waals surface area contributed by atoms with Crippen molar-refractivity contribution in [3.8, 4) is 0 Å². The molecular weight excluding hydrogens is 258 g/mol. The maximum atomic E-state index is 12.1. The lowest BCUT2D eigenvalue weighted by Crippen LogP contribution is -2.43. The number of nitrogens with zero attached hydrogens (tertiary/aromatic N) is 1. The number of nitrogens with one attached hydrogen (secondary N) is 2. The Labute approximate surface area is 116 Å². The van der Waals surface area contributed by atoms with Crippen molar-refractivity contribution < 1.29 is 14.7 Å². The molecule has 2 aliphatic rings. The highest BCUT2D eigenvalue weighted by atomic mass is 16.4. The second-order valence-corrected chi connectivity index (χ2v) is 5.10. The van der Waals surface area contributed by atoms with Gasteiger partial charge in [0, 0.05) is 49.7 Å². The number of piperazine rings is 1. The van der Waals surface area contributed by atoms with Crippen LogP contribution in [-0.2, 0) is 4.79 Å². The van der Waals surface area contributed by atoms with Gasteiger partial charge in [0.15, 0.2) is 5.78 Å². The highest BCUT2D eigenvalue weighted by Crippen LogP contribution is 2.29. The Hall–Kier alpha value is -2.08. The van der Waals surface area contributed by atoms with E-state index in [9.17, 15) is 9.59 Å². The molecular formula is C14H17N3O3. The highest BCUT2D eigenvalue weighted by Gasteiger charge is 2.32. The van der Waals surface area contributed by atoms with E-state index in [1.54, 1.807) is 6.07 Å². The highest BCUT2D eigenvalue weighted by molar-refractivity contribution is 6.13. The second kappa shape index (κ2) is 5.13. The number of hydrogen-bond donors (Lipinski definition) is 3. The summed E-state index contributed by atoms with van der Waals surface area (Å²) in [5, 5.41) is 15.4. The Balaban J connectivity index is 1.87. The molecule has 1 aromatic rings. The number of carboxylic acids is 1. The third-order valence-electron chi connectivity index (χ3n) is 3.86. The number of carbonyl (C=O) groups is 2. The Morgan fingerprint density at radius 2 is 2.05 bits per heavy atom. The first-order chi connectivity index (χ1) is 9.66. The van der Waals surface area contributed by atoms with Crippen LogP contribution in [0.2, 0.25) is 0 Å². The molecule has 0 bridgehead atoms. The van der Waals surface area contributed by atoms with Crippen LogP contribution in [0.5, 0.6) is 0 Å². The number of aliphatic carboxylic acids is 1. The number of carbonyl (C=O) groups excluding carboxylic acids is 1. The Morgan fingerprint density at radius 1 is 1.30 bits per heavy atom. The molecule has 0 aliphatic carbocycles. The molecule has 106 valence electrons. The molecule has 2 heterocycles. The number of rotatable bonds is 2. The van der Waals surface area contributed by atoms with Crippen molar-refractivity contribution >= 4 is 23.1 Å². The van der Waals surface area contributed by atoms with Gasteiger partial charge in [0.05, 0.1) is 0 Å². The number of hydrogen-bond acceptors (Lipinski definition) is 5. The molecule has 20 heavy (non-hydrogen) atoms. The summed E-state index contributed by atoms with van der Waals surface area (Å²) in [6.07, 6.45) is 0. The SMILES string of the molecule is O=C(O)C1CNc2cc(N3CCNCC3)ccc2C1=O. The molecule has 0 saturated carbocycles. The fourth-order valence-corrected chi connectivity index (χ4v) is 2.70. The maximum absolute atomic E-state index is 12.1. The van der Waals surface area contributed by atoms with E-state index >= 15 is 0 Å². The van der Waals surface area contributed by atoms with Gasteiger partial charge in [-0.15, -0.1) is 0 Å². The first kappa shape index (κ1) is 12.9. The van der Waals surface area contributed by atoms with Crippen LogP contribution in [0.15, 0.2) is 18.2 Å². The molecule has 0 radical (unpaired) electrons. The molecule has 1 fully saturated rings. The van der Waals surface area contributed by atoms with Gasteiger partial charge in [-0.25, -0.2) is 0 Å². The number of anilines is 2. The van der Waals surface area contributed by atoms with Gasteiger partial charge < -0.3 is 20.6 Å². The number of ketones is 1. The monoisotopic (exact) mass is 275 g/mol. The maximum Gasteiger partial charge on any atom is 0.316 e. The number of Topliss-reactive ketones (excluding diaryl/α,β-unsaturated/α-hetero) is 1. The number of carboxylic acid groups (broad SMARTS) is 1. The Morgan fingerprint density at radius 3 is 2.75 bits per heavy atom. The van der Waals surface area contributed by atoms with Crippen LogP contribution < -0.4 is 15.5 Å². The zero-order valence-corrected chi connectivity index (χ0v) is 11.1. The van der Waals surface area contributed by atoms with Crippen LogP contribution in [0.1, 0.15) is 10.4 Å². The van der Waals surface area contributed by atoms with E-state index in [4.69, 9.17) is 5.11 Å². The normalized spacial score (nSPS) is 22.1. The molecule has 1 unspecified atom stereocenters. The molecule has 0 aromatic heterocycles. The van der Waals surface area contributed by atoms with E-state index < -0.39 is 11.9 Å². The zero-order valence-electron chi connectivity index (χ0n) is 11.1. The van der Waals surface area contributed by atoms with Gasteiger partial charge in [0.25, 0.3) is 0 Å². The van der Waals surface area contributed by atoms with Gasteiger partial charge in [0.1, 0.15) is 5.92 Å². The summed E-state index contributed by atoms with van der Waals surface area (Å²) in [5.41, 5.74) is 2.28. The van der Waals surface area contributed by atoms with E-state index in [1.807, 2.05) is 12.1 Å². The van der Waals surface area contributed by atoms with Crippen LogP contribution in [0.25, 0.3) is 0 Å². The largest absolute Gasteiger partial charge is 0.481 e. The number of benzene rings is 1. The van der Waals surface area contributed by atoms with Crippen molar-refractivity contribution in [2.45, 2.75) is 0 Å². The van der Waals surface area contributed by atoms with Crippen molar-refractivity contribution in [3.63, 3.8) is 0 Å². The molecule has 1 saturated heterocycles. The first-order valence-corrected chi connectivity index (χ1v) is 6.77. The summed E-state index contributed by atoms with van der Waals surface area (Å²) >= 11 is 0. The van der Waals surface area contributed by atoms with Crippen LogP contribution in [0.3, 0.4) is 0 Å². The number of fused-ring (bicyclic) bond motifs is 1. The van der Waals surface area contributed by atoms with Gasteiger partial charge in [-0.3, -0.25) is 9.59 Å². The van der Waals surface area contributed by atoms with E-state index in [0.29, 0.717) is 5.56 Å². The standard InChI is InChI=1S/C14H17N3O3/c18-13-10-2-1-9(17-5-3-15-4-6-17)7-12(10)16-8-11(13)14(19)20/h1-2,7,11,15-16H,3-6,8H2,(H,19,20). The van der Waals surface area contributed by atoms with Crippen molar-refractivity contribution in [2.24, 2.45) is 5.92 Å². The fraction of sp³-hybridized carbons (Fsp3) is 0.429. The summed E-state index contributed by atoms with van der Waals surface area (Å²) in [6, 6.07) is 5.57. The minimum atomic E-state index is -1.07.